The van der Waals surface area contributed by atoms with Gasteiger partial charge in [-0.25, -0.2) is 4.39 Å². The first kappa shape index (κ1) is 11.5. The van der Waals surface area contributed by atoms with Crippen LogP contribution in [-0.4, -0.2) is 16.0 Å². The normalized spacial score (nSPS) is 13.2. The van der Waals surface area contributed by atoms with Crippen molar-refractivity contribution in [2.75, 3.05) is 5.75 Å². The average Bonchev–Trinajstić information content (AvgIpc) is 2.15. The van der Waals surface area contributed by atoms with E-state index in [0.29, 0.717) is 10.8 Å². The second-order valence-corrected chi connectivity index (χ2v) is 5.00. The Balaban J connectivity index is 2.60. The predicted molar refractivity (Wildman–Crippen MR) is 58.7 cm³/mol. The van der Waals surface area contributed by atoms with Crippen molar-refractivity contribution >= 4 is 11.8 Å². The summed E-state index contributed by atoms with van der Waals surface area (Å²) in [6.45, 7) is 4.20. The Hall–Kier alpha value is -0.610. The number of hydrogen-bond donors (Lipinski definition) is 1. The van der Waals surface area contributed by atoms with Crippen LogP contribution in [0, 0.1) is 5.82 Å². The molecule has 14 heavy (non-hydrogen) atoms. The zero-order valence-corrected chi connectivity index (χ0v) is 9.22. The van der Waals surface area contributed by atoms with Crippen LogP contribution >= 0.6 is 11.8 Å². The van der Waals surface area contributed by atoms with Crippen LogP contribution in [0.1, 0.15) is 25.5 Å². The SMILES string of the molecule is CC(C)SCC(N)c1ccncc1F. The maximum atomic E-state index is 13.2. The molecule has 0 radical (unpaired) electrons. The first-order chi connectivity index (χ1) is 6.61. The predicted octanol–water partition coefficient (Wildman–Crippen LogP) is 2.36. The van der Waals surface area contributed by atoms with Gasteiger partial charge in [-0.2, -0.15) is 11.8 Å². The maximum Gasteiger partial charge on any atom is 0.146 e. The molecule has 0 amide bonds. The summed E-state index contributed by atoms with van der Waals surface area (Å²) >= 11 is 1.73. The molecule has 1 unspecified atom stereocenters. The molecule has 4 heteroatoms. The van der Waals surface area contributed by atoms with E-state index in [9.17, 15) is 4.39 Å². The van der Waals surface area contributed by atoms with Gasteiger partial charge >= 0.3 is 0 Å². The molecule has 1 rings (SSSR count). The zero-order valence-electron chi connectivity index (χ0n) is 8.40. The van der Waals surface area contributed by atoms with Crippen molar-refractivity contribution in [2.24, 2.45) is 5.73 Å². The summed E-state index contributed by atoms with van der Waals surface area (Å²) in [6, 6.07) is 1.39. The lowest BCUT2D eigenvalue weighted by molar-refractivity contribution is 0.589. The zero-order chi connectivity index (χ0) is 10.6. The van der Waals surface area contributed by atoms with Crippen LogP contribution in [0.15, 0.2) is 18.5 Å². The molecule has 0 aromatic carbocycles. The third-order valence-electron chi connectivity index (χ3n) is 1.81. The molecule has 1 aromatic rings. The number of nitrogens with two attached hydrogens (primary N) is 1. The monoisotopic (exact) mass is 214 g/mol. The number of thioether (sulfide) groups is 1. The third-order valence-corrected chi connectivity index (χ3v) is 3.03. The molecule has 0 saturated carbocycles. The van der Waals surface area contributed by atoms with Crippen LogP contribution in [0.25, 0.3) is 0 Å². The molecular weight excluding hydrogens is 199 g/mol. The molecule has 0 spiro atoms. The second kappa shape index (κ2) is 5.32. The molecular formula is C10H15FN2S. The maximum absolute atomic E-state index is 13.2. The van der Waals surface area contributed by atoms with Gasteiger partial charge in [0.25, 0.3) is 0 Å². The number of rotatable bonds is 4. The van der Waals surface area contributed by atoms with Gasteiger partial charge in [-0.3, -0.25) is 4.98 Å². The molecule has 0 aliphatic rings. The minimum Gasteiger partial charge on any atom is -0.323 e. The van der Waals surface area contributed by atoms with E-state index in [2.05, 4.69) is 18.8 Å². The lowest BCUT2D eigenvalue weighted by Gasteiger charge is -2.13. The second-order valence-electron chi connectivity index (χ2n) is 3.39. The highest BCUT2D eigenvalue weighted by Gasteiger charge is 2.11. The highest BCUT2D eigenvalue weighted by molar-refractivity contribution is 7.99. The molecule has 0 aliphatic carbocycles. The number of halogens is 1. The van der Waals surface area contributed by atoms with Crippen LogP contribution in [0.3, 0.4) is 0 Å². The van der Waals surface area contributed by atoms with Crippen LogP contribution in [0.2, 0.25) is 0 Å². The molecule has 0 aliphatic heterocycles. The Kier molecular flexibility index (Phi) is 4.35. The summed E-state index contributed by atoms with van der Waals surface area (Å²) in [5.41, 5.74) is 6.40. The topological polar surface area (TPSA) is 38.9 Å². The van der Waals surface area contributed by atoms with Crippen molar-refractivity contribution in [1.82, 2.24) is 4.98 Å². The largest absolute Gasteiger partial charge is 0.323 e. The average molecular weight is 214 g/mol. The van der Waals surface area contributed by atoms with Crippen molar-refractivity contribution in [3.63, 3.8) is 0 Å². The Morgan fingerprint density at radius 3 is 2.86 bits per heavy atom. The summed E-state index contributed by atoms with van der Waals surface area (Å²) in [5, 5.41) is 0.519. The summed E-state index contributed by atoms with van der Waals surface area (Å²) in [4.78, 5) is 3.69. The van der Waals surface area contributed by atoms with Crippen molar-refractivity contribution in [1.29, 1.82) is 0 Å². The standard InChI is InChI=1S/C10H15FN2S/c1-7(2)14-6-10(12)8-3-4-13-5-9(8)11/h3-5,7,10H,6,12H2,1-2H3. The summed E-state index contributed by atoms with van der Waals surface area (Å²) in [7, 11) is 0. The Labute approximate surface area is 88.1 Å². The fraction of sp³-hybridized carbons (Fsp3) is 0.500. The minimum absolute atomic E-state index is 0.245. The smallest absolute Gasteiger partial charge is 0.146 e. The number of nitrogens with zero attached hydrogens (tertiary/aromatic N) is 1. The van der Waals surface area contributed by atoms with Gasteiger partial charge in [0.15, 0.2) is 0 Å². The lowest BCUT2D eigenvalue weighted by atomic mass is 10.1. The molecule has 0 bridgehead atoms. The third kappa shape index (κ3) is 3.27. The van der Waals surface area contributed by atoms with Gasteiger partial charge in [-0.15, -0.1) is 0 Å². The number of aromatic nitrogens is 1. The molecule has 2 nitrogen and oxygen atoms in total. The van der Waals surface area contributed by atoms with Crippen molar-refractivity contribution < 1.29 is 4.39 Å². The number of hydrogen-bond acceptors (Lipinski definition) is 3. The van der Waals surface area contributed by atoms with Gasteiger partial charge in [-0.1, -0.05) is 13.8 Å². The van der Waals surface area contributed by atoms with Crippen LogP contribution in [0.5, 0.6) is 0 Å². The van der Waals surface area contributed by atoms with Crippen LogP contribution in [0.4, 0.5) is 4.39 Å². The van der Waals surface area contributed by atoms with E-state index >= 15 is 0 Å². The van der Waals surface area contributed by atoms with E-state index in [1.165, 1.54) is 6.20 Å². The number of pyridine rings is 1. The molecule has 78 valence electrons. The molecule has 0 fully saturated rings. The summed E-state index contributed by atoms with van der Waals surface area (Å²) < 4.78 is 13.2. The first-order valence-electron chi connectivity index (χ1n) is 4.58. The summed E-state index contributed by atoms with van der Waals surface area (Å²) in [5.74, 6) is 0.419. The highest BCUT2D eigenvalue weighted by atomic mass is 32.2. The Morgan fingerprint density at radius 1 is 1.57 bits per heavy atom. The van der Waals surface area contributed by atoms with E-state index in [1.807, 2.05) is 0 Å². The van der Waals surface area contributed by atoms with Crippen molar-refractivity contribution in [2.45, 2.75) is 25.1 Å². The lowest BCUT2D eigenvalue weighted by Crippen LogP contribution is -2.15. The minimum atomic E-state index is -0.315. The van der Waals surface area contributed by atoms with Gasteiger partial charge in [0.1, 0.15) is 5.82 Å². The fourth-order valence-corrected chi connectivity index (χ4v) is 1.84. The van der Waals surface area contributed by atoms with Crippen molar-refractivity contribution in [3.05, 3.63) is 29.8 Å². The Morgan fingerprint density at radius 2 is 2.29 bits per heavy atom. The van der Waals surface area contributed by atoms with Crippen LogP contribution < -0.4 is 5.73 Å². The first-order valence-corrected chi connectivity index (χ1v) is 5.62. The quantitative estimate of drug-likeness (QED) is 0.836. The molecule has 1 atom stereocenters. The Bertz CT molecular complexity index is 291. The van der Waals surface area contributed by atoms with Gasteiger partial charge in [0.2, 0.25) is 0 Å². The van der Waals surface area contributed by atoms with Gasteiger partial charge < -0.3 is 5.73 Å². The van der Waals surface area contributed by atoms with E-state index in [1.54, 1.807) is 24.0 Å². The van der Waals surface area contributed by atoms with Gasteiger partial charge in [0.05, 0.1) is 6.20 Å². The van der Waals surface area contributed by atoms with Gasteiger partial charge in [-0.05, 0) is 11.3 Å². The molecule has 0 saturated heterocycles. The summed E-state index contributed by atoms with van der Waals surface area (Å²) in [6.07, 6.45) is 2.77. The van der Waals surface area contributed by atoms with Crippen LogP contribution in [-0.2, 0) is 0 Å². The van der Waals surface area contributed by atoms with E-state index in [4.69, 9.17) is 5.73 Å². The fourth-order valence-electron chi connectivity index (χ4n) is 1.07. The molecule has 2 N–H and O–H groups in total. The van der Waals surface area contributed by atoms with E-state index < -0.39 is 0 Å². The van der Waals surface area contributed by atoms with Crippen molar-refractivity contribution in [3.8, 4) is 0 Å². The highest BCUT2D eigenvalue weighted by Crippen LogP contribution is 2.20. The molecule has 1 aromatic heterocycles. The van der Waals surface area contributed by atoms with Gasteiger partial charge in [0, 0.05) is 23.6 Å². The van der Waals surface area contributed by atoms with E-state index in [-0.39, 0.29) is 11.9 Å². The van der Waals surface area contributed by atoms with E-state index in [0.717, 1.165) is 5.75 Å². The molecule has 1 heterocycles.